The molecule has 0 bridgehead atoms. The van der Waals surface area contributed by atoms with Gasteiger partial charge in [-0.3, -0.25) is 0 Å². The van der Waals surface area contributed by atoms with Gasteiger partial charge in [-0.25, -0.2) is 4.98 Å². The van der Waals surface area contributed by atoms with Crippen molar-refractivity contribution in [3.8, 4) is 0 Å². The highest BCUT2D eigenvalue weighted by atomic mass is 15.2. The predicted molar refractivity (Wildman–Crippen MR) is 69.7 cm³/mol. The van der Waals surface area contributed by atoms with Crippen LogP contribution in [0.2, 0.25) is 0 Å². The van der Waals surface area contributed by atoms with Gasteiger partial charge in [0.1, 0.15) is 0 Å². The van der Waals surface area contributed by atoms with Crippen LogP contribution in [0.1, 0.15) is 47.0 Å². The Bertz CT molecular complexity index is 291. The van der Waals surface area contributed by atoms with Gasteiger partial charge in [-0.15, -0.1) is 0 Å². The molecule has 0 aliphatic carbocycles. The summed E-state index contributed by atoms with van der Waals surface area (Å²) in [5.41, 5.74) is 0. The Balaban J connectivity index is 2.42. The molecule has 0 amide bonds. The number of imidazole rings is 1. The minimum Gasteiger partial charge on any atom is -0.353 e. The van der Waals surface area contributed by atoms with E-state index in [1.807, 2.05) is 12.4 Å². The van der Waals surface area contributed by atoms with E-state index in [1.165, 1.54) is 12.8 Å². The van der Waals surface area contributed by atoms with Crippen LogP contribution in [0.3, 0.4) is 0 Å². The van der Waals surface area contributed by atoms with Crippen LogP contribution in [0.4, 0.5) is 5.95 Å². The summed E-state index contributed by atoms with van der Waals surface area (Å²) in [6.07, 6.45) is 7.53. The Morgan fingerprint density at radius 2 is 2.06 bits per heavy atom. The second-order valence-corrected chi connectivity index (χ2v) is 4.96. The van der Waals surface area contributed by atoms with Crippen molar-refractivity contribution in [3.05, 3.63) is 12.4 Å². The van der Waals surface area contributed by atoms with Crippen LogP contribution in [-0.2, 0) is 6.54 Å². The summed E-state index contributed by atoms with van der Waals surface area (Å²) < 4.78 is 2.19. The zero-order chi connectivity index (χ0) is 12.0. The lowest BCUT2D eigenvalue weighted by Gasteiger charge is -2.16. The first-order valence-electron chi connectivity index (χ1n) is 6.41. The van der Waals surface area contributed by atoms with Crippen molar-refractivity contribution in [1.29, 1.82) is 0 Å². The molecule has 1 N–H and O–H groups in total. The molecule has 0 spiro atoms. The Morgan fingerprint density at radius 3 is 2.69 bits per heavy atom. The minimum absolute atomic E-state index is 0.500. The van der Waals surface area contributed by atoms with E-state index in [0.717, 1.165) is 24.8 Å². The summed E-state index contributed by atoms with van der Waals surface area (Å²) in [5, 5.41) is 3.48. The predicted octanol–water partition coefficient (Wildman–Crippen LogP) is 3.53. The molecule has 0 fully saturated rings. The molecule has 1 heterocycles. The topological polar surface area (TPSA) is 29.9 Å². The fourth-order valence-electron chi connectivity index (χ4n) is 1.75. The SMILES string of the molecule is CCCn1ccnc1NC(C)CCC(C)C. The Kier molecular flexibility index (Phi) is 5.36. The Hall–Kier alpha value is -0.990. The lowest BCUT2D eigenvalue weighted by Crippen LogP contribution is -2.19. The van der Waals surface area contributed by atoms with E-state index in [9.17, 15) is 0 Å². The van der Waals surface area contributed by atoms with Crippen LogP contribution < -0.4 is 5.32 Å². The first-order valence-corrected chi connectivity index (χ1v) is 6.41. The summed E-state index contributed by atoms with van der Waals surface area (Å²) in [6, 6.07) is 0.500. The first-order chi connectivity index (χ1) is 7.63. The molecule has 1 unspecified atom stereocenters. The average molecular weight is 223 g/mol. The van der Waals surface area contributed by atoms with Gasteiger partial charge in [0, 0.05) is 25.0 Å². The van der Waals surface area contributed by atoms with Gasteiger partial charge >= 0.3 is 0 Å². The zero-order valence-corrected chi connectivity index (χ0v) is 11.0. The summed E-state index contributed by atoms with van der Waals surface area (Å²) in [4.78, 5) is 4.35. The van der Waals surface area contributed by atoms with Gasteiger partial charge in [0.05, 0.1) is 0 Å². The molecule has 0 aliphatic heterocycles. The molecule has 0 saturated carbocycles. The number of hydrogen-bond donors (Lipinski definition) is 1. The third-order valence-corrected chi connectivity index (χ3v) is 2.73. The van der Waals surface area contributed by atoms with Crippen molar-refractivity contribution < 1.29 is 0 Å². The summed E-state index contributed by atoms with van der Waals surface area (Å²) in [5.74, 6) is 1.79. The molecule has 0 aromatic carbocycles. The highest BCUT2D eigenvalue weighted by Crippen LogP contribution is 2.12. The highest BCUT2D eigenvalue weighted by Gasteiger charge is 2.07. The van der Waals surface area contributed by atoms with Crippen molar-refractivity contribution in [2.24, 2.45) is 5.92 Å². The van der Waals surface area contributed by atoms with Gasteiger partial charge in [-0.1, -0.05) is 20.8 Å². The maximum atomic E-state index is 4.35. The summed E-state index contributed by atoms with van der Waals surface area (Å²) in [7, 11) is 0. The lowest BCUT2D eigenvalue weighted by molar-refractivity contribution is 0.524. The van der Waals surface area contributed by atoms with Crippen LogP contribution in [0.5, 0.6) is 0 Å². The van der Waals surface area contributed by atoms with Gasteiger partial charge in [0.2, 0.25) is 5.95 Å². The third kappa shape index (κ3) is 4.25. The van der Waals surface area contributed by atoms with E-state index >= 15 is 0 Å². The second-order valence-electron chi connectivity index (χ2n) is 4.96. The fourth-order valence-corrected chi connectivity index (χ4v) is 1.75. The van der Waals surface area contributed by atoms with E-state index in [-0.39, 0.29) is 0 Å². The maximum Gasteiger partial charge on any atom is 0.202 e. The normalized spacial score (nSPS) is 13.1. The standard InChI is InChI=1S/C13H25N3/c1-5-9-16-10-8-14-13(16)15-12(4)7-6-11(2)3/h8,10-12H,5-7,9H2,1-4H3,(H,14,15). The molecule has 1 aromatic rings. The molecule has 0 radical (unpaired) electrons. The van der Waals surface area contributed by atoms with Gasteiger partial charge in [-0.05, 0) is 32.1 Å². The monoisotopic (exact) mass is 223 g/mol. The van der Waals surface area contributed by atoms with Crippen molar-refractivity contribution >= 4 is 5.95 Å². The zero-order valence-electron chi connectivity index (χ0n) is 11.0. The molecule has 1 aromatic heterocycles. The Morgan fingerprint density at radius 1 is 1.31 bits per heavy atom. The first kappa shape index (κ1) is 13.1. The molecule has 1 rings (SSSR count). The van der Waals surface area contributed by atoms with Crippen molar-refractivity contribution in [2.75, 3.05) is 5.32 Å². The molecule has 92 valence electrons. The number of aryl methyl sites for hydroxylation is 1. The second kappa shape index (κ2) is 6.56. The number of nitrogens with one attached hydrogen (secondary N) is 1. The fraction of sp³-hybridized carbons (Fsp3) is 0.769. The number of rotatable bonds is 7. The highest BCUT2D eigenvalue weighted by molar-refractivity contribution is 5.27. The maximum absolute atomic E-state index is 4.35. The smallest absolute Gasteiger partial charge is 0.202 e. The van der Waals surface area contributed by atoms with Gasteiger partial charge in [0.15, 0.2) is 0 Å². The number of anilines is 1. The molecular formula is C13H25N3. The average Bonchev–Trinajstić information content (AvgIpc) is 2.63. The Labute approximate surface area is 99.3 Å². The quantitative estimate of drug-likeness (QED) is 0.766. The number of aromatic nitrogens is 2. The van der Waals surface area contributed by atoms with E-state index in [1.54, 1.807) is 0 Å². The summed E-state index contributed by atoms with van der Waals surface area (Å²) in [6.45, 7) is 9.99. The van der Waals surface area contributed by atoms with E-state index in [4.69, 9.17) is 0 Å². The third-order valence-electron chi connectivity index (χ3n) is 2.73. The molecule has 16 heavy (non-hydrogen) atoms. The largest absolute Gasteiger partial charge is 0.353 e. The van der Waals surface area contributed by atoms with Crippen LogP contribution in [-0.4, -0.2) is 15.6 Å². The molecule has 3 nitrogen and oxygen atoms in total. The van der Waals surface area contributed by atoms with Gasteiger partial charge < -0.3 is 9.88 Å². The van der Waals surface area contributed by atoms with Crippen molar-refractivity contribution in [1.82, 2.24) is 9.55 Å². The molecule has 3 heteroatoms. The number of nitrogens with zero attached hydrogens (tertiary/aromatic N) is 2. The number of hydrogen-bond acceptors (Lipinski definition) is 2. The summed E-state index contributed by atoms with van der Waals surface area (Å²) >= 11 is 0. The van der Waals surface area contributed by atoms with Gasteiger partial charge in [0.25, 0.3) is 0 Å². The van der Waals surface area contributed by atoms with E-state index in [0.29, 0.717) is 6.04 Å². The van der Waals surface area contributed by atoms with Gasteiger partial charge in [-0.2, -0.15) is 0 Å². The van der Waals surface area contributed by atoms with Crippen LogP contribution in [0, 0.1) is 5.92 Å². The van der Waals surface area contributed by atoms with Crippen molar-refractivity contribution in [3.63, 3.8) is 0 Å². The van der Waals surface area contributed by atoms with E-state index in [2.05, 4.69) is 42.6 Å². The molecule has 0 saturated heterocycles. The van der Waals surface area contributed by atoms with Crippen LogP contribution in [0.15, 0.2) is 12.4 Å². The molecule has 1 atom stereocenters. The minimum atomic E-state index is 0.500. The van der Waals surface area contributed by atoms with E-state index < -0.39 is 0 Å². The van der Waals surface area contributed by atoms with Crippen LogP contribution in [0.25, 0.3) is 0 Å². The molecule has 0 aliphatic rings. The van der Waals surface area contributed by atoms with Crippen molar-refractivity contribution in [2.45, 2.75) is 59.5 Å². The molecular weight excluding hydrogens is 198 g/mol. The lowest BCUT2D eigenvalue weighted by atomic mass is 10.0. The van der Waals surface area contributed by atoms with Crippen LogP contribution >= 0.6 is 0 Å².